The lowest BCUT2D eigenvalue weighted by molar-refractivity contribution is 0.102. The summed E-state index contributed by atoms with van der Waals surface area (Å²) in [7, 11) is 0. The van der Waals surface area contributed by atoms with Crippen LogP contribution in [0.3, 0.4) is 0 Å². The molecule has 0 saturated carbocycles. The maximum Gasteiger partial charge on any atom is 0.255 e. The van der Waals surface area contributed by atoms with Crippen LogP contribution in [0.15, 0.2) is 97.2 Å². The zero-order valence-corrected chi connectivity index (χ0v) is 17.7. The van der Waals surface area contributed by atoms with E-state index >= 15 is 0 Å². The summed E-state index contributed by atoms with van der Waals surface area (Å²) in [6.07, 6.45) is 2.97. The molecule has 1 amide bonds. The van der Waals surface area contributed by atoms with Gasteiger partial charge in [0.1, 0.15) is 0 Å². The van der Waals surface area contributed by atoms with Crippen LogP contribution in [0.2, 0.25) is 0 Å². The lowest BCUT2D eigenvalue weighted by atomic mass is 10.1. The van der Waals surface area contributed by atoms with Gasteiger partial charge in [0.05, 0.1) is 5.69 Å². The fourth-order valence-electron chi connectivity index (χ4n) is 2.79. The van der Waals surface area contributed by atoms with Gasteiger partial charge in [0.2, 0.25) is 5.95 Å². The number of carbonyl (C=O) groups excluding carboxylic acids is 1. The minimum Gasteiger partial charge on any atom is -0.324 e. The quantitative estimate of drug-likeness (QED) is 0.391. The highest BCUT2D eigenvalue weighted by molar-refractivity contribution is 6.04. The molecule has 4 aromatic rings. The van der Waals surface area contributed by atoms with Crippen molar-refractivity contribution in [1.82, 2.24) is 9.97 Å². The first-order valence-corrected chi connectivity index (χ1v) is 10.3. The minimum absolute atomic E-state index is 0.153. The molecule has 0 bridgehead atoms. The van der Waals surface area contributed by atoms with Crippen LogP contribution in [0, 0.1) is 0 Å². The lowest BCUT2D eigenvalue weighted by Gasteiger charge is -2.09. The molecule has 5 heteroatoms. The molecule has 0 aliphatic heterocycles. The Morgan fingerprint density at radius 1 is 0.806 bits per heavy atom. The molecule has 1 aromatic heterocycles. The van der Waals surface area contributed by atoms with Crippen molar-refractivity contribution in [3.8, 4) is 11.3 Å². The Hall–Kier alpha value is -3.99. The van der Waals surface area contributed by atoms with Gasteiger partial charge < -0.3 is 10.6 Å². The molecule has 2 N–H and O–H groups in total. The smallest absolute Gasteiger partial charge is 0.255 e. The number of anilines is 3. The van der Waals surface area contributed by atoms with E-state index in [0.717, 1.165) is 16.9 Å². The van der Waals surface area contributed by atoms with Crippen LogP contribution in [0.5, 0.6) is 0 Å². The summed E-state index contributed by atoms with van der Waals surface area (Å²) in [5, 5.41) is 6.10. The average Bonchev–Trinajstić information content (AvgIpc) is 2.81. The average molecular weight is 411 g/mol. The molecule has 0 unspecified atom stereocenters. The molecule has 0 atom stereocenters. The number of aromatic nitrogens is 2. The van der Waals surface area contributed by atoms with E-state index in [0.29, 0.717) is 17.2 Å². The van der Waals surface area contributed by atoms with E-state index in [-0.39, 0.29) is 5.91 Å². The van der Waals surface area contributed by atoms with E-state index in [4.69, 9.17) is 0 Å². The highest BCUT2D eigenvalue weighted by Gasteiger charge is 2.07. The van der Waals surface area contributed by atoms with E-state index < -0.39 is 0 Å². The molecule has 156 valence electrons. The van der Waals surface area contributed by atoms with Crippen molar-refractivity contribution in [1.29, 1.82) is 0 Å². The molecule has 4 rings (SSSR count). The van der Waals surface area contributed by atoms with Crippen LogP contribution < -0.4 is 10.6 Å². The predicted octanol–water partition coefficient (Wildman–Crippen LogP) is 6.56. The number of hydrogen-bond acceptors (Lipinski definition) is 4. The van der Waals surface area contributed by atoms with Crippen LogP contribution in [-0.4, -0.2) is 15.9 Å². The van der Waals surface area contributed by atoms with Crippen LogP contribution >= 0.6 is 0 Å². The third kappa shape index (κ3) is 6.51. The highest BCUT2D eigenvalue weighted by atomic mass is 16.1. The van der Waals surface area contributed by atoms with Gasteiger partial charge in [0.15, 0.2) is 0 Å². The first-order valence-electron chi connectivity index (χ1n) is 10.3. The van der Waals surface area contributed by atoms with Crippen molar-refractivity contribution in [3.63, 3.8) is 0 Å². The number of nitrogens with zero attached hydrogens (tertiary/aromatic N) is 2. The molecule has 0 spiro atoms. The Kier molecular flexibility index (Phi) is 7.89. The van der Waals surface area contributed by atoms with Crippen LogP contribution in [0.25, 0.3) is 11.3 Å². The van der Waals surface area contributed by atoms with Gasteiger partial charge in [-0.3, -0.25) is 4.79 Å². The van der Waals surface area contributed by atoms with Gasteiger partial charge in [-0.25, -0.2) is 9.97 Å². The van der Waals surface area contributed by atoms with Gasteiger partial charge in [-0.05, 0) is 36.4 Å². The predicted molar refractivity (Wildman–Crippen MR) is 128 cm³/mol. The molecule has 5 nitrogen and oxygen atoms in total. The Morgan fingerprint density at radius 3 is 2.16 bits per heavy atom. The lowest BCUT2D eigenvalue weighted by Crippen LogP contribution is -2.11. The summed E-state index contributed by atoms with van der Waals surface area (Å²) >= 11 is 0. The molecular formula is C26H26N4O. The van der Waals surface area contributed by atoms with Crippen molar-refractivity contribution in [2.75, 3.05) is 10.6 Å². The van der Waals surface area contributed by atoms with E-state index in [1.807, 2.05) is 78.9 Å². The standard InChI is InChI=1S/C23H18N4O.C3H8/c28-22(18-10-5-2-6-11-18)25-19-12-7-13-20(16-19)26-23-24-15-14-21(27-23)17-8-3-1-4-9-17;1-3-2/h1-16H,(H,25,28)(H,24,26,27);3H2,1-2H3. The van der Waals surface area contributed by atoms with Gasteiger partial charge >= 0.3 is 0 Å². The van der Waals surface area contributed by atoms with Crippen molar-refractivity contribution < 1.29 is 4.79 Å². The Morgan fingerprint density at radius 2 is 1.45 bits per heavy atom. The maximum atomic E-state index is 12.3. The largest absolute Gasteiger partial charge is 0.324 e. The van der Waals surface area contributed by atoms with Gasteiger partial charge in [-0.1, -0.05) is 74.9 Å². The van der Waals surface area contributed by atoms with Gasteiger partial charge in [-0.15, -0.1) is 0 Å². The Labute approximate surface area is 183 Å². The Balaban J connectivity index is 0.000000858. The molecule has 0 radical (unpaired) electrons. The fraction of sp³-hybridized carbons (Fsp3) is 0.115. The molecule has 3 aromatic carbocycles. The van der Waals surface area contributed by atoms with E-state index in [9.17, 15) is 4.79 Å². The zero-order valence-electron chi connectivity index (χ0n) is 17.7. The van der Waals surface area contributed by atoms with Crippen molar-refractivity contribution in [2.24, 2.45) is 0 Å². The van der Waals surface area contributed by atoms with Crippen LogP contribution in [0.4, 0.5) is 17.3 Å². The number of nitrogens with one attached hydrogen (secondary N) is 2. The second kappa shape index (κ2) is 11.3. The summed E-state index contributed by atoms with van der Waals surface area (Å²) < 4.78 is 0. The molecule has 0 fully saturated rings. The van der Waals surface area contributed by atoms with Crippen molar-refractivity contribution in [3.05, 3.63) is 103 Å². The van der Waals surface area contributed by atoms with Crippen molar-refractivity contribution >= 4 is 23.2 Å². The van der Waals surface area contributed by atoms with Gasteiger partial charge in [0, 0.05) is 28.7 Å². The van der Waals surface area contributed by atoms with Gasteiger partial charge in [0.25, 0.3) is 5.91 Å². The first kappa shape index (κ1) is 21.7. The van der Waals surface area contributed by atoms with E-state index in [1.54, 1.807) is 18.3 Å². The second-order valence-electron chi connectivity index (χ2n) is 6.86. The molecule has 1 heterocycles. The maximum absolute atomic E-state index is 12.3. The number of amides is 1. The summed E-state index contributed by atoms with van der Waals surface area (Å²) in [5.74, 6) is 0.341. The molecule has 0 aliphatic carbocycles. The van der Waals surface area contributed by atoms with E-state index in [2.05, 4.69) is 34.4 Å². The monoisotopic (exact) mass is 410 g/mol. The fourth-order valence-corrected chi connectivity index (χ4v) is 2.79. The third-order valence-electron chi connectivity index (χ3n) is 4.14. The summed E-state index contributed by atoms with van der Waals surface area (Å²) in [6, 6.07) is 28.4. The van der Waals surface area contributed by atoms with Crippen LogP contribution in [-0.2, 0) is 0 Å². The minimum atomic E-state index is -0.153. The summed E-state index contributed by atoms with van der Waals surface area (Å²) in [6.45, 7) is 4.25. The van der Waals surface area contributed by atoms with Gasteiger partial charge in [-0.2, -0.15) is 0 Å². The zero-order chi connectivity index (χ0) is 21.9. The molecule has 31 heavy (non-hydrogen) atoms. The normalized spacial score (nSPS) is 9.87. The number of hydrogen-bond donors (Lipinski definition) is 2. The topological polar surface area (TPSA) is 66.9 Å². The van der Waals surface area contributed by atoms with Crippen molar-refractivity contribution in [2.45, 2.75) is 20.3 Å². The summed E-state index contributed by atoms with van der Waals surface area (Å²) in [4.78, 5) is 21.2. The number of carbonyl (C=O) groups is 1. The molecular weight excluding hydrogens is 384 g/mol. The third-order valence-corrected chi connectivity index (χ3v) is 4.14. The molecule has 0 saturated heterocycles. The number of rotatable bonds is 5. The molecule has 0 aliphatic rings. The van der Waals surface area contributed by atoms with E-state index in [1.165, 1.54) is 6.42 Å². The summed E-state index contributed by atoms with van der Waals surface area (Å²) in [5.41, 5.74) is 3.96. The first-order chi connectivity index (χ1) is 15.2. The highest BCUT2D eigenvalue weighted by Crippen LogP contribution is 2.21. The van der Waals surface area contributed by atoms with Crippen LogP contribution in [0.1, 0.15) is 30.6 Å². The Bertz CT molecular complexity index is 1100. The second-order valence-corrected chi connectivity index (χ2v) is 6.86. The SMILES string of the molecule is CCC.O=C(Nc1cccc(Nc2nccc(-c3ccccc3)n2)c1)c1ccccc1. The number of benzene rings is 3.